The second-order valence-electron chi connectivity index (χ2n) is 6.86. The first kappa shape index (κ1) is 15.9. The lowest BCUT2D eigenvalue weighted by Gasteiger charge is -2.34. The molecule has 1 saturated carbocycles. The topological polar surface area (TPSA) is 46.5 Å². The predicted molar refractivity (Wildman–Crippen MR) is 97.0 cm³/mol. The largest absolute Gasteiger partial charge is 0.512 e. The summed E-state index contributed by atoms with van der Waals surface area (Å²) in [5.41, 5.74) is 2.83. The van der Waals surface area contributed by atoms with Gasteiger partial charge < -0.3 is 9.84 Å². The van der Waals surface area contributed by atoms with Crippen LogP contribution in [0.4, 0.5) is 0 Å². The number of carbonyl (C=O) groups is 1. The monoisotopic (exact) mass is 334 g/mol. The van der Waals surface area contributed by atoms with Gasteiger partial charge in [0.2, 0.25) is 5.78 Å². The van der Waals surface area contributed by atoms with E-state index in [2.05, 4.69) is 18.2 Å². The highest BCUT2D eigenvalue weighted by molar-refractivity contribution is 6.02. The maximum Gasteiger partial charge on any atom is 0.203 e. The molecular weight excluding hydrogens is 312 g/mol. The molecular formula is C22H22O3. The summed E-state index contributed by atoms with van der Waals surface area (Å²) in [6, 6.07) is 18.2. The number of fused-ring (bicyclic) bond motifs is 3. The number of hydrogen-bond acceptors (Lipinski definition) is 3. The molecule has 1 N–H and O–H groups in total. The molecule has 3 atom stereocenters. The number of allylic oxidation sites excluding steroid dienone is 1. The van der Waals surface area contributed by atoms with E-state index in [0.29, 0.717) is 18.4 Å². The Balaban J connectivity index is 1.83. The Morgan fingerprint density at radius 1 is 1.12 bits per heavy atom. The molecule has 3 heteroatoms. The molecule has 2 aliphatic rings. The van der Waals surface area contributed by atoms with E-state index >= 15 is 0 Å². The maximum atomic E-state index is 13.0. The van der Waals surface area contributed by atoms with Crippen molar-refractivity contribution in [2.75, 3.05) is 0 Å². The van der Waals surface area contributed by atoms with Crippen molar-refractivity contribution in [3.8, 4) is 5.75 Å². The zero-order valence-corrected chi connectivity index (χ0v) is 14.3. The van der Waals surface area contributed by atoms with Gasteiger partial charge in [0.25, 0.3) is 0 Å². The van der Waals surface area contributed by atoms with Crippen molar-refractivity contribution in [3.05, 3.63) is 77.1 Å². The molecule has 2 aromatic rings. The van der Waals surface area contributed by atoms with Gasteiger partial charge in [0.15, 0.2) is 6.10 Å². The van der Waals surface area contributed by atoms with Crippen molar-refractivity contribution in [2.24, 2.45) is 0 Å². The standard InChI is InChI=1S/C22H22O3/c1-2-8-18(23)17-13-16(14-9-4-3-5-10-14)20-15-11-6-7-12-19(15)25-22(20)21(17)24/h3-7,9-12,16,20,22-23H,2,8,13H2,1H3/b18-17-/t16-,20-,22-/m1/s1. The number of Topliss-reactive ketones (excluding diaryl/α,β-unsaturated/α-hetero) is 1. The van der Waals surface area contributed by atoms with Crippen molar-refractivity contribution in [3.63, 3.8) is 0 Å². The summed E-state index contributed by atoms with van der Waals surface area (Å²) < 4.78 is 6.04. The molecule has 4 rings (SSSR count). The number of carbonyl (C=O) groups excluding carboxylic acids is 1. The first-order chi connectivity index (χ1) is 12.2. The van der Waals surface area contributed by atoms with E-state index in [-0.39, 0.29) is 23.4 Å². The average Bonchev–Trinajstić information content (AvgIpc) is 3.03. The fraction of sp³-hybridized carbons (Fsp3) is 0.318. The van der Waals surface area contributed by atoms with Gasteiger partial charge in [0.1, 0.15) is 5.75 Å². The number of ketones is 1. The van der Waals surface area contributed by atoms with E-state index in [4.69, 9.17) is 4.74 Å². The van der Waals surface area contributed by atoms with Crippen molar-refractivity contribution in [2.45, 2.75) is 44.1 Å². The average molecular weight is 334 g/mol. The molecule has 3 nitrogen and oxygen atoms in total. The number of benzene rings is 2. The summed E-state index contributed by atoms with van der Waals surface area (Å²) in [6.45, 7) is 2.00. The third-order valence-electron chi connectivity index (χ3n) is 5.33. The van der Waals surface area contributed by atoms with Gasteiger partial charge >= 0.3 is 0 Å². The van der Waals surface area contributed by atoms with Crippen LogP contribution in [0.5, 0.6) is 5.75 Å². The lowest BCUT2D eigenvalue weighted by atomic mass is 9.69. The van der Waals surface area contributed by atoms with Crippen LogP contribution in [0.3, 0.4) is 0 Å². The SMILES string of the molecule is CCC/C(O)=C1\C[C@H](c2ccccc2)[C@H]2c3ccccc3O[C@H]2C1=O. The third kappa shape index (κ3) is 2.64. The van der Waals surface area contributed by atoms with Crippen LogP contribution in [0.25, 0.3) is 0 Å². The zero-order chi connectivity index (χ0) is 17.4. The normalized spacial score (nSPS) is 26.6. The van der Waals surface area contributed by atoms with Gasteiger partial charge in [-0.2, -0.15) is 0 Å². The minimum atomic E-state index is -0.537. The lowest BCUT2D eigenvalue weighted by Crippen LogP contribution is -2.39. The van der Waals surface area contributed by atoms with E-state index in [1.807, 2.05) is 43.3 Å². The molecule has 0 unspecified atom stereocenters. The summed E-state index contributed by atoms with van der Waals surface area (Å²) in [5.74, 6) is 1.10. The van der Waals surface area contributed by atoms with Gasteiger partial charge in [-0.05, 0) is 30.4 Å². The van der Waals surface area contributed by atoms with E-state index in [1.165, 1.54) is 5.56 Å². The van der Waals surface area contributed by atoms with Gasteiger partial charge in [-0.1, -0.05) is 55.5 Å². The highest BCUT2D eigenvalue weighted by atomic mass is 16.5. The van der Waals surface area contributed by atoms with Gasteiger partial charge in [0.05, 0.1) is 5.76 Å². The van der Waals surface area contributed by atoms with Gasteiger partial charge in [-0.3, -0.25) is 4.79 Å². The van der Waals surface area contributed by atoms with E-state index < -0.39 is 6.10 Å². The molecule has 1 fully saturated rings. The molecule has 2 aromatic carbocycles. The summed E-state index contributed by atoms with van der Waals surface area (Å²) in [7, 11) is 0. The Hall–Kier alpha value is -2.55. The lowest BCUT2D eigenvalue weighted by molar-refractivity contribution is -0.124. The van der Waals surface area contributed by atoms with E-state index in [9.17, 15) is 9.90 Å². The smallest absolute Gasteiger partial charge is 0.203 e. The molecule has 0 spiro atoms. The van der Waals surface area contributed by atoms with Crippen molar-refractivity contribution in [1.29, 1.82) is 0 Å². The molecule has 1 aliphatic carbocycles. The number of aliphatic hydroxyl groups excluding tert-OH is 1. The molecule has 1 heterocycles. The number of rotatable bonds is 3. The van der Waals surface area contributed by atoms with Crippen LogP contribution in [-0.4, -0.2) is 17.0 Å². The third-order valence-corrected chi connectivity index (χ3v) is 5.33. The first-order valence-corrected chi connectivity index (χ1v) is 8.96. The van der Waals surface area contributed by atoms with Crippen molar-refractivity contribution < 1.29 is 14.6 Å². The Bertz CT molecular complexity index is 822. The second kappa shape index (κ2) is 6.40. The Morgan fingerprint density at radius 2 is 1.84 bits per heavy atom. The molecule has 128 valence electrons. The highest BCUT2D eigenvalue weighted by Gasteiger charge is 2.49. The summed E-state index contributed by atoms with van der Waals surface area (Å²) >= 11 is 0. The number of aliphatic hydroxyl groups is 1. The van der Waals surface area contributed by atoms with Crippen LogP contribution in [0.1, 0.15) is 49.1 Å². The van der Waals surface area contributed by atoms with E-state index in [1.54, 1.807) is 0 Å². The zero-order valence-electron chi connectivity index (χ0n) is 14.3. The molecule has 0 saturated heterocycles. The summed E-state index contributed by atoms with van der Waals surface area (Å²) in [5, 5.41) is 10.4. The molecule has 1 aliphatic heterocycles. The minimum Gasteiger partial charge on any atom is -0.512 e. The Morgan fingerprint density at radius 3 is 2.60 bits per heavy atom. The minimum absolute atomic E-state index is 0.00396. The van der Waals surface area contributed by atoms with Crippen LogP contribution >= 0.6 is 0 Å². The summed E-state index contributed by atoms with van der Waals surface area (Å²) in [6.07, 6.45) is 1.37. The molecule has 0 aromatic heterocycles. The van der Waals surface area contributed by atoms with Gasteiger partial charge in [0, 0.05) is 23.5 Å². The van der Waals surface area contributed by atoms with Crippen molar-refractivity contribution >= 4 is 5.78 Å². The maximum absolute atomic E-state index is 13.0. The first-order valence-electron chi connectivity index (χ1n) is 8.96. The Labute approximate surface area is 148 Å². The highest BCUT2D eigenvalue weighted by Crippen LogP contribution is 2.52. The van der Waals surface area contributed by atoms with Crippen LogP contribution in [0.15, 0.2) is 65.9 Å². The van der Waals surface area contributed by atoms with Crippen molar-refractivity contribution in [1.82, 2.24) is 0 Å². The van der Waals surface area contributed by atoms with Crippen LogP contribution in [-0.2, 0) is 4.79 Å². The van der Waals surface area contributed by atoms with Crippen LogP contribution in [0, 0.1) is 0 Å². The van der Waals surface area contributed by atoms with Crippen LogP contribution < -0.4 is 4.74 Å². The number of para-hydroxylation sites is 1. The fourth-order valence-electron chi connectivity index (χ4n) is 4.17. The second-order valence-corrected chi connectivity index (χ2v) is 6.86. The molecule has 0 bridgehead atoms. The molecule has 0 amide bonds. The predicted octanol–water partition coefficient (Wildman–Crippen LogP) is 4.90. The van der Waals surface area contributed by atoms with Crippen LogP contribution in [0.2, 0.25) is 0 Å². The number of ether oxygens (including phenoxy) is 1. The summed E-state index contributed by atoms with van der Waals surface area (Å²) in [4.78, 5) is 13.0. The fourth-order valence-corrected chi connectivity index (χ4v) is 4.17. The Kier molecular flexibility index (Phi) is 4.08. The molecule has 0 radical (unpaired) electrons. The quantitative estimate of drug-likeness (QED) is 0.641. The van der Waals surface area contributed by atoms with Gasteiger partial charge in [-0.25, -0.2) is 0 Å². The molecule has 25 heavy (non-hydrogen) atoms. The number of hydrogen-bond donors (Lipinski definition) is 1. The van der Waals surface area contributed by atoms with E-state index in [0.717, 1.165) is 17.7 Å². The van der Waals surface area contributed by atoms with Gasteiger partial charge in [-0.15, -0.1) is 0 Å².